The van der Waals surface area contributed by atoms with E-state index in [9.17, 15) is 0 Å². The van der Waals surface area contributed by atoms with Crippen LogP contribution < -0.4 is 10.6 Å². The van der Waals surface area contributed by atoms with Gasteiger partial charge in [0.25, 0.3) is 0 Å². The van der Waals surface area contributed by atoms with Crippen LogP contribution >= 0.6 is 11.5 Å². The molecular weight excluding hydrogens is 220 g/mol. The van der Waals surface area contributed by atoms with Gasteiger partial charge in [0.05, 0.1) is 0 Å². The van der Waals surface area contributed by atoms with Crippen molar-refractivity contribution in [1.82, 2.24) is 9.36 Å². The van der Waals surface area contributed by atoms with Crippen LogP contribution in [0.4, 0.5) is 5.13 Å². The monoisotopic (exact) mass is 240 g/mol. The lowest BCUT2D eigenvalue weighted by Gasteiger charge is -2.16. The lowest BCUT2D eigenvalue weighted by atomic mass is 10.0. The molecule has 0 radical (unpaired) electrons. The van der Waals surface area contributed by atoms with Gasteiger partial charge in [0.1, 0.15) is 5.82 Å². The first-order chi connectivity index (χ1) is 7.58. The van der Waals surface area contributed by atoms with Crippen LogP contribution in [-0.2, 0) is 0 Å². The first kappa shape index (κ1) is 11.8. The molecular formula is C11H20N4S. The van der Waals surface area contributed by atoms with Crippen molar-refractivity contribution in [3.05, 3.63) is 5.82 Å². The molecule has 16 heavy (non-hydrogen) atoms. The summed E-state index contributed by atoms with van der Waals surface area (Å²) in [4.78, 5) is 6.90. The summed E-state index contributed by atoms with van der Waals surface area (Å²) in [5.74, 6) is 1.98. The van der Waals surface area contributed by atoms with E-state index < -0.39 is 0 Å². The van der Waals surface area contributed by atoms with Gasteiger partial charge in [0.15, 0.2) is 0 Å². The Morgan fingerprint density at radius 3 is 2.69 bits per heavy atom. The molecule has 0 aromatic carbocycles. The van der Waals surface area contributed by atoms with E-state index in [2.05, 4.69) is 35.0 Å². The predicted octanol–water partition coefficient (Wildman–Crippen LogP) is 1.84. The molecule has 2 unspecified atom stereocenters. The molecule has 1 aliphatic rings. The van der Waals surface area contributed by atoms with E-state index in [0.29, 0.717) is 11.8 Å². The van der Waals surface area contributed by atoms with Gasteiger partial charge in [-0.1, -0.05) is 13.8 Å². The molecule has 0 bridgehead atoms. The van der Waals surface area contributed by atoms with Gasteiger partial charge in [-0.25, -0.2) is 4.98 Å². The number of nitrogens with two attached hydrogens (primary N) is 1. The van der Waals surface area contributed by atoms with Crippen LogP contribution in [0.15, 0.2) is 0 Å². The van der Waals surface area contributed by atoms with Crippen LogP contribution in [0.2, 0.25) is 0 Å². The van der Waals surface area contributed by atoms with Crippen LogP contribution in [0.5, 0.6) is 0 Å². The average Bonchev–Trinajstić information content (AvgIpc) is 2.86. The van der Waals surface area contributed by atoms with Crippen LogP contribution in [-0.4, -0.2) is 28.5 Å². The molecule has 0 aliphatic carbocycles. The Hall–Kier alpha value is -0.680. The summed E-state index contributed by atoms with van der Waals surface area (Å²) in [7, 11) is 0. The van der Waals surface area contributed by atoms with Crippen molar-refractivity contribution in [2.45, 2.75) is 39.2 Å². The smallest absolute Gasteiger partial charge is 0.205 e. The molecule has 1 aromatic rings. The van der Waals surface area contributed by atoms with Crippen LogP contribution in [0.3, 0.4) is 0 Å². The van der Waals surface area contributed by atoms with Crippen molar-refractivity contribution in [2.75, 3.05) is 18.0 Å². The van der Waals surface area contributed by atoms with E-state index in [4.69, 9.17) is 5.73 Å². The lowest BCUT2D eigenvalue weighted by molar-refractivity contribution is 0.488. The SMILES string of the molecule is CC(C)c1nsc(N2CCC(C(C)N)C2)n1. The molecule has 2 rings (SSSR count). The molecule has 5 heteroatoms. The van der Waals surface area contributed by atoms with Crippen LogP contribution in [0, 0.1) is 5.92 Å². The Labute approximate surface area is 101 Å². The number of rotatable bonds is 3. The van der Waals surface area contributed by atoms with E-state index in [1.165, 1.54) is 18.0 Å². The zero-order valence-corrected chi connectivity index (χ0v) is 11.0. The number of aromatic nitrogens is 2. The summed E-state index contributed by atoms with van der Waals surface area (Å²) in [5.41, 5.74) is 5.93. The maximum Gasteiger partial charge on any atom is 0.205 e. The molecule has 2 heterocycles. The van der Waals surface area contributed by atoms with E-state index in [0.717, 1.165) is 24.0 Å². The Kier molecular flexibility index (Phi) is 3.44. The van der Waals surface area contributed by atoms with E-state index in [1.54, 1.807) is 0 Å². The molecule has 2 atom stereocenters. The van der Waals surface area contributed by atoms with Gasteiger partial charge in [-0.2, -0.15) is 4.37 Å². The highest BCUT2D eigenvalue weighted by atomic mass is 32.1. The Balaban J connectivity index is 2.03. The number of anilines is 1. The molecule has 1 saturated heterocycles. The topological polar surface area (TPSA) is 55.0 Å². The fraction of sp³-hybridized carbons (Fsp3) is 0.818. The van der Waals surface area contributed by atoms with Crippen molar-refractivity contribution in [2.24, 2.45) is 11.7 Å². The van der Waals surface area contributed by atoms with Gasteiger partial charge in [-0.3, -0.25) is 0 Å². The minimum atomic E-state index is 0.280. The first-order valence-corrected chi connectivity index (χ1v) is 6.69. The molecule has 2 N–H and O–H groups in total. The number of hydrogen-bond acceptors (Lipinski definition) is 5. The van der Waals surface area contributed by atoms with Gasteiger partial charge in [-0.15, -0.1) is 0 Å². The Morgan fingerprint density at radius 1 is 1.44 bits per heavy atom. The van der Waals surface area contributed by atoms with E-state index in [1.807, 2.05) is 0 Å². The lowest BCUT2D eigenvalue weighted by Crippen LogP contribution is -2.29. The fourth-order valence-electron chi connectivity index (χ4n) is 1.98. The summed E-state index contributed by atoms with van der Waals surface area (Å²) < 4.78 is 4.39. The van der Waals surface area contributed by atoms with Crippen molar-refractivity contribution in [3.63, 3.8) is 0 Å². The minimum Gasteiger partial charge on any atom is -0.347 e. The molecule has 0 saturated carbocycles. The summed E-state index contributed by atoms with van der Waals surface area (Å²) in [6, 6.07) is 0.280. The highest BCUT2D eigenvalue weighted by Crippen LogP contribution is 2.27. The maximum absolute atomic E-state index is 5.93. The van der Waals surface area contributed by atoms with Gasteiger partial charge in [0.2, 0.25) is 5.13 Å². The third-order valence-electron chi connectivity index (χ3n) is 3.19. The molecule has 4 nitrogen and oxygen atoms in total. The molecule has 0 amide bonds. The predicted molar refractivity (Wildman–Crippen MR) is 68.0 cm³/mol. The van der Waals surface area contributed by atoms with Crippen molar-refractivity contribution in [3.8, 4) is 0 Å². The molecule has 1 aromatic heterocycles. The normalized spacial score (nSPS) is 23.1. The van der Waals surface area contributed by atoms with E-state index in [-0.39, 0.29) is 6.04 Å². The highest BCUT2D eigenvalue weighted by molar-refractivity contribution is 7.09. The third-order valence-corrected chi connectivity index (χ3v) is 3.98. The minimum absolute atomic E-state index is 0.280. The van der Waals surface area contributed by atoms with E-state index >= 15 is 0 Å². The summed E-state index contributed by atoms with van der Waals surface area (Å²) in [6.45, 7) is 8.44. The zero-order valence-electron chi connectivity index (χ0n) is 10.2. The number of nitrogens with zero attached hydrogens (tertiary/aromatic N) is 3. The summed E-state index contributed by atoms with van der Waals surface area (Å²) >= 11 is 1.51. The van der Waals surface area contributed by atoms with Gasteiger partial charge in [-0.05, 0) is 19.3 Å². The largest absolute Gasteiger partial charge is 0.347 e. The maximum atomic E-state index is 5.93. The third kappa shape index (κ3) is 2.35. The average molecular weight is 240 g/mol. The van der Waals surface area contributed by atoms with Crippen molar-refractivity contribution < 1.29 is 0 Å². The quantitative estimate of drug-likeness (QED) is 0.876. The second-order valence-corrected chi connectivity index (χ2v) is 5.67. The van der Waals surface area contributed by atoms with Gasteiger partial charge in [0, 0.05) is 36.6 Å². The summed E-state index contributed by atoms with van der Waals surface area (Å²) in [6.07, 6.45) is 1.17. The second-order valence-electron chi connectivity index (χ2n) is 4.94. The Morgan fingerprint density at radius 2 is 2.19 bits per heavy atom. The number of hydrogen-bond donors (Lipinski definition) is 1. The van der Waals surface area contributed by atoms with Crippen LogP contribution in [0.1, 0.15) is 38.9 Å². The molecule has 0 spiro atoms. The van der Waals surface area contributed by atoms with Crippen molar-refractivity contribution >= 4 is 16.7 Å². The standard InChI is InChI=1S/C11H20N4S/c1-7(2)10-13-11(16-14-10)15-5-4-9(6-15)8(3)12/h7-9H,4-6,12H2,1-3H3. The van der Waals surface area contributed by atoms with Crippen molar-refractivity contribution in [1.29, 1.82) is 0 Å². The second kappa shape index (κ2) is 4.67. The summed E-state index contributed by atoms with van der Waals surface area (Å²) in [5, 5.41) is 1.06. The highest BCUT2D eigenvalue weighted by Gasteiger charge is 2.27. The van der Waals surface area contributed by atoms with Gasteiger partial charge >= 0.3 is 0 Å². The fourth-order valence-corrected chi connectivity index (χ4v) is 2.82. The van der Waals surface area contributed by atoms with Gasteiger partial charge < -0.3 is 10.6 Å². The first-order valence-electron chi connectivity index (χ1n) is 5.92. The molecule has 1 fully saturated rings. The molecule has 90 valence electrons. The Bertz CT molecular complexity index is 348. The molecule has 1 aliphatic heterocycles. The zero-order chi connectivity index (χ0) is 11.7. The van der Waals surface area contributed by atoms with Crippen LogP contribution in [0.25, 0.3) is 0 Å².